The minimum absolute atomic E-state index is 0.378. The molecule has 8 nitrogen and oxygen atoms in total. The van der Waals surface area contributed by atoms with E-state index in [1.807, 2.05) is 22.8 Å². The molecule has 0 aliphatic carbocycles. The Kier molecular flexibility index (Phi) is 4.91. The van der Waals surface area contributed by atoms with Gasteiger partial charge in [-0.3, -0.25) is 14.3 Å². The number of nitrogens with zero attached hydrogens (tertiary/aromatic N) is 3. The van der Waals surface area contributed by atoms with Crippen LogP contribution in [0.4, 0.5) is 0 Å². The first kappa shape index (κ1) is 17.7. The number of hydrogen-bond donors (Lipinski definition) is 2. The van der Waals surface area contributed by atoms with E-state index >= 15 is 0 Å². The second-order valence-corrected chi connectivity index (χ2v) is 6.94. The van der Waals surface area contributed by atoms with Crippen molar-refractivity contribution in [2.24, 2.45) is 7.05 Å². The number of aryl methyl sites for hydroxylation is 3. The standard InChI is InChI=1S/C19H23N5O3/c1-22-17-16(18(25)21-19(22)26)24(8-7-14-5-3-2-4-6-14)15(20-17)13-23-9-11-27-12-10-23/h2-6H,7-13H2,1H3,(H,21,25,26)/p+1. The van der Waals surface area contributed by atoms with Crippen molar-refractivity contribution in [1.29, 1.82) is 0 Å². The van der Waals surface area contributed by atoms with Crippen molar-refractivity contribution in [2.75, 3.05) is 26.3 Å². The lowest BCUT2D eigenvalue weighted by molar-refractivity contribution is -0.922. The molecule has 1 aromatic carbocycles. The molecule has 142 valence electrons. The topological polar surface area (TPSA) is 86.3 Å². The fourth-order valence-corrected chi connectivity index (χ4v) is 3.60. The number of rotatable bonds is 5. The minimum atomic E-state index is -0.439. The highest BCUT2D eigenvalue weighted by Crippen LogP contribution is 2.12. The largest absolute Gasteiger partial charge is 0.370 e. The molecular weight excluding hydrogens is 346 g/mol. The highest BCUT2D eigenvalue weighted by Gasteiger charge is 2.22. The van der Waals surface area contributed by atoms with Crippen molar-refractivity contribution in [3.8, 4) is 0 Å². The minimum Gasteiger partial charge on any atom is -0.370 e. The van der Waals surface area contributed by atoms with Crippen LogP contribution in [0, 0.1) is 0 Å². The maximum atomic E-state index is 12.5. The molecule has 0 spiro atoms. The molecule has 0 atom stereocenters. The van der Waals surface area contributed by atoms with Crippen molar-refractivity contribution < 1.29 is 9.64 Å². The molecular formula is C19H24N5O3+. The summed E-state index contributed by atoms with van der Waals surface area (Å²) in [7, 11) is 1.64. The second-order valence-electron chi connectivity index (χ2n) is 6.94. The van der Waals surface area contributed by atoms with E-state index in [1.165, 1.54) is 15.0 Å². The number of quaternary nitrogens is 1. The average molecular weight is 370 g/mol. The third kappa shape index (κ3) is 3.58. The van der Waals surface area contributed by atoms with Gasteiger partial charge in [0.05, 0.1) is 13.2 Å². The van der Waals surface area contributed by atoms with Gasteiger partial charge in [-0.15, -0.1) is 0 Å². The summed E-state index contributed by atoms with van der Waals surface area (Å²) in [6.45, 7) is 4.65. The van der Waals surface area contributed by atoms with Crippen LogP contribution < -0.4 is 16.1 Å². The summed E-state index contributed by atoms with van der Waals surface area (Å²) in [5, 5.41) is 0. The monoisotopic (exact) mass is 370 g/mol. The third-order valence-electron chi connectivity index (χ3n) is 5.16. The number of aromatic amines is 1. The molecule has 4 rings (SSSR count). The number of benzene rings is 1. The van der Waals surface area contributed by atoms with Gasteiger partial charge in [0.15, 0.2) is 17.0 Å². The zero-order chi connectivity index (χ0) is 18.8. The number of nitrogens with one attached hydrogen (secondary N) is 2. The third-order valence-corrected chi connectivity index (χ3v) is 5.16. The van der Waals surface area contributed by atoms with Gasteiger partial charge in [0.1, 0.15) is 19.6 Å². The molecule has 3 aromatic rings. The van der Waals surface area contributed by atoms with Gasteiger partial charge in [0.2, 0.25) is 0 Å². The maximum absolute atomic E-state index is 12.5. The summed E-state index contributed by atoms with van der Waals surface area (Å²) >= 11 is 0. The lowest BCUT2D eigenvalue weighted by atomic mass is 10.1. The first-order valence-corrected chi connectivity index (χ1v) is 9.27. The van der Waals surface area contributed by atoms with Gasteiger partial charge in [0, 0.05) is 13.6 Å². The fraction of sp³-hybridized carbons (Fsp3) is 0.421. The van der Waals surface area contributed by atoms with E-state index in [9.17, 15) is 9.59 Å². The van der Waals surface area contributed by atoms with Crippen LogP contribution in [0.3, 0.4) is 0 Å². The van der Waals surface area contributed by atoms with Crippen molar-refractivity contribution in [1.82, 2.24) is 19.1 Å². The molecule has 0 bridgehead atoms. The van der Waals surface area contributed by atoms with Crippen LogP contribution in [0.2, 0.25) is 0 Å². The molecule has 0 amide bonds. The first-order chi connectivity index (χ1) is 13.1. The van der Waals surface area contributed by atoms with Gasteiger partial charge in [-0.1, -0.05) is 30.3 Å². The molecule has 0 unspecified atom stereocenters. The number of aromatic nitrogens is 4. The van der Waals surface area contributed by atoms with Crippen LogP contribution in [-0.2, 0) is 31.3 Å². The Balaban J connectivity index is 1.75. The van der Waals surface area contributed by atoms with E-state index in [1.54, 1.807) is 7.05 Å². The summed E-state index contributed by atoms with van der Waals surface area (Å²) < 4.78 is 8.82. The highest BCUT2D eigenvalue weighted by molar-refractivity contribution is 5.70. The summed E-state index contributed by atoms with van der Waals surface area (Å²) in [5.41, 5.74) is 1.29. The number of H-pyrrole nitrogens is 1. The Morgan fingerprint density at radius 3 is 2.67 bits per heavy atom. The van der Waals surface area contributed by atoms with Crippen LogP contribution in [0.5, 0.6) is 0 Å². The van der Waals surface area contributed by atoms with Gasteiger partial charge in [0.25, 0.3) is 5.56 Å². The quantitative estimate of drug-likeness (QED) is 0.608. The van der Waals surface area contributed by atoms with E-state index in [-0.39, 0.29) is 5.56 Å². The van der Waals surface area contributed by atoms with Gasteiger partial charge < -0.3 is 14.2 Å². The van der Waals surface area contributed by atoms with E-state index in [0.717, 1.165) is 38.5 Å². The maximum Gasteiger partial charge on any atom is 0.329 e. The molecule has 27 heavy (non-hydrogen) atoms. The predicted octanol–water partition coefficient (Wildman–Crippen LogP) is -0.919. The number of morpholine rings is 1. The van der Waals surface area contributed by atoms with E-state index < -0.39 is 5.69 Å². The molecule has 1 fully saturated rings. The lowest BCUT2D eigenvalue weighted by Gasteiger charge is -2.23. The molecule has 0 radical (unpaired) electrons. The van der Waals surface area contributed by atoms with Crippen molar-refractivity contribution in [3.05, 3.63) is 62.6 Å². The first-order valence-electron chi connectivity index (χ1n) is 9.27. The summed E-state index contributed by atoms with van der Waals surface area (Å²) in [5.74, 6) is 0.838. The molecule has 2 aromatic heterocycles. The van der Waals surface area contributed by atoms with Crippen LogP contribution in [0.25, 0.3) is 11.2 Å². The Labute approximate surface area is 156 Å². The van der Waals surface area contributed by atoms with Crippen molar-refractivity contribution in [3.63, 3.8) is 0 Å². The Morgan fingerprint density at radius 2 is 1.93 bits per heavy atom. The molecule has 0 saturated carbocycles. The zero-order valence-corrected chi connectivity index (χ0v) is 15.4. The Morgan fingerprint density at radius 1 is 1.19 bits per heavy atom. The number of imidazole rings is 1. The van der Waals surface area contributed by atoms with E-state index in [4.69, 9.17) is 4.74 Å². The van der Waals surface area contributed by atoms with Gasteiger partial charge in [-0.25, -0.2) is 9.78 Å². The molecule has 1 saturated heterocycles. The summed E-state index contributed by atoms with van der Waals surface area (Å²) in [4.78, 5) is 33.0. The molecule has 8 heteroatoms. The van der Waals surface area contributed by atoms with Gasteiger partial charge >= 0.3 is 5.69 Å². The number of ether oxygens (including phenoxy) is 1. The summed E-state index contributed by atoms with van der Waals surface area (Å²) in [6, 6.07) is 10.2. The number of fused-ring (bicyclic) bond motifs is 1. The average Bonchev–Trinajstić information content (AvgIpc) is 3.05. The summed E-state index contributed by atoms with van der Waals surface area (Å²) in [6.07, 6.45) is 0.792. The van der Waals surface area contributed by atoms with Crippen LogP contribution in [0.1, 0.15) is 11.4 Å². The van der Waals surface area contributed by atoms with E-state index in [0.29, 0.717) is 24.3 Å². The van der Waals surface area contributed by atoms with Crippen molar-refractivity contribution in [2.45, 2.75) is 19.5 Å². The van der Waals surface area contributed by atoms with E-state index in [2.05, 4.69) is 22.1 Å². The van der Waals surface area contributed by atoms with Gasteiger partial charge in [-0.05, 0) is 12.0 Å². The molecule has 1 aliphatic heterocycles. The second kappa shape index (κ2) is 7.50. The van der Waals surface area contributed by atoms with Crippen LogP contribution >= 0.6 is 0 Å². The normalized spacial score (nSPS) is 15.4. The molecule has 3 heterocycles. The predicted molar refractivity (Wildman–Crippen MR) is 101 cm³/mol. The lowest BCUT2D eigenvalue weighted by Crippen LogP contribution is -3.12. The zero-order valence-electron chi connectivity index (χ0n) is 15.4. The molecule has 1 aliphatic rings. The highest BCUT2D eigenvalue weighted by atomic mass is 16.5. The molecule has 2 N–H and O–H groups in total. The fourth-order valence-electron chi connectivity index (χ4n) is 3.60. The Bertz CT molecular complexity index is 1040. The smallest absolute Gasteiger partial charge is 0.329 e. The van der Waals surface area contributed by atoms with Gasteiger partial charge in [-0.2, -0.15) is 0 Å². The van der Waals surface area contributed by atoms with Crippen LogP contribution in [-0.4, -0.2) is 45.4 Å². The van der Waals surface area contributed by atoms with Crippen molar-refractivity contribution >= 4 is 11.2 Å². The van der Waals surface area contributed by atoms with Crippen LogP contribution in [0.15, 0.2) is 39.9 Å². The number of hydrogen-bond acceptors (Lipinski definition) is 4. The SMILES string of the molecule is Cn1c(=O)[nH]c(=O)c2c1nc(C[NH+]1CCOCC1)n2CCc1ccccc1. The Hall–Kier alpha value is -2.71.